The van der Waals surface area contributed by atoms with Gasteiger partial charge in [0, 0.05) is 34.9 Å². The largest absolute Gasteiger partial charge is 0.399 e. The van der Waals surface area contributed by atoms with E-state index in [1.54, 1.807) is 24.3 Å². The number of aromatic nitrogens is 1. The van der Waals surface area contributed by atoms with Crippen LogP contribution in [-0.2, 0) is 7.05 Å². The summed E-state index contributed by atoms with van der Waals surface area (Å²) >= 11 is 0. The summed E-state index contributed by atoms with van der Waals surface area (Å²) in [6.45, 7) is 0. The summed E-state index contributed by atoms with van der Waals surface area (Å²) in [5, 5.41) is 15.6. The van der Waals surface area contributed by atoms with Gasteiger partial charge in [0.15, 0.2) is 0 Å². The second-order valence-electron chi connectivity index (χ2n) is 8.93. The van der Waals surface area contributed by atoms with Gasteiger partial charge in [-0.1, -0.05) is 18.2 Å². The third-order valence-corrected chi connectivity index (χ3v) is 6.14. The van der Waals surface area contributed by atoms with Crippen LogP contribution in [0.15, 0.2) is 101 Å². The number of urea groups is 1. The number of pyridine rings is 1. The molecular formula is C29H28N10O. The van der Waals surface area contributed by atoms with Crippen molar-refractivity contribution in [3.8, 4) is 0 Å². The van der Waals surface area contributed by atoms with Crippen LogP contribution in [0, 0.1) is 5.41 Å². The molecule has 0 spiro atoms. The van der Waals surface area contributed by atoms with Gasteiger partial charge in [0.1, 0.15) is 6.34 Å². The van der Waals surface area contributed by atoms with Gasteiger partial charge >= 0.3 is 6.03 Å². The number of hydrogen-bond donors (Lipinski definition) is 7. The van der Waals surface area contributed by atoms with E-state index in [0.29, 0.717) is 22.7 Å². The van der Waals surface area contributed by atoms with Gasteiger partial charge in [-0.3, -0.25) is 16.3 Å². The Hall–Kier alpha value is -5.84. The molecule has 200 valence electrons. The maximum Gasteiger partial charge on any atom is 0.323 e. The van der Waals surface area contributed by atoms with Crippen LogP contribution in [0.3, 0.4) is 0 Å². The Bertz CT molecular complexity index is 1810. The Morgan fingerprint density at radius 2 is 1.48 bits per heavy atom. The number of hydrazine groups is 1. The van der Waals surface area contributed by atoms with Crippen molar-refractivity contribution in [1.82, 2.24) is 15.4 Å². The number of benzene rings is 4. The van der Waals surface area contributed by atoms with Crippen LogP contribution in [0.25, 0.3) is 21.8 Å². The van der Waals surface area contributed by atoms with Crippen molar-refractivity contribution >= 4 is 68.6 Å². The number of rotatable bonds is 6. The first kappa shape index (κ1) is 25.8. The summed E-state index contributed by atoms with van der Waals surface area (Å²) in [5.74, 6) is -0.222. The lowest BCUT2D eigenvalue weighted by atomic mass is 10.1. The zero-order valence-corrected chi connectivity index (χ0v) is 21.6. The van der Waals surface area contributed by atoms with E-state index in [0.717, 1.165) is 32.9 Å². The molecule has 1 aromatic heterocycles. The lowest BCUT2D eigenvalue weighted by Gasteiger charge is -2.12. The minimum absolute atomic E-state index is 0.222. The molecule has 40 heavy (non-hydrogen) atoms. The molecule has 0 radical (unpaired) electrons. The second kappa shape index (κ2) is 11.3. The summed E-state index contributed by atoms with van der Waals surface area (Å²) in [7, 11) is 2.02. The van der Waals surface area contributed by atoms with Crippen molar-refractivity contribution in [2.24, 2.45) is 22.8 Å². The van der Waals surface area contributed by atoms with Gasteiger partial charge in [-0.05, 0) is 72.8 Å². The maximum atomic E-state index is 12.5. The molecule has 0 aliphatic heterocycles. The summed E-state index contributed by atoms with van der Waals surface area (Å²) < 4.78 is 2.12. The zero-order valence-electron chi connectivity index (χ0n) is 21.6. The third kappa shape index (κ3) is 5.83. The highest BCUT2D eigenvalue weighted by molar-refractivity contribution is 6.00. The summed E-state index contributed by atoms with van der Waals surface area (Å²) in [5.41, 5.74) is 21.6. The molecule has 4 aromatic carbocycles. The van der Waals surface area contributed by atoms with E-state index < -0.39 is 0 Å². The number of nitrogens with one attached hydrogen (secondary N) is 5. The molecule has 2 amide bonds. The molecule has 0 fully saturated rings. The number of nitrogens with two attached hydrogens (primary N) is 2. The van der Waals surface area contributed by atoms with Crippen molar-refractivity contribution < 1.29 is 4.79 Å². The molecule has 9 N–H and O–H groups in total. The smallest absolute Gasteiger partial charge is 0.323 e. The van der Waals surface area contributed by atoms with Gasteiger partial charge < -0.3 is 26.7 Å². The standard InChI is InChI=1S/C29H28N10O/c1-39-25-5-3-2-4-23(25)27(24-15-6-18(30)16-26(24)39)35-20-11-13-22(14-12-20)37-29(40)36-21-9-7-19(8-10-21)33-17-34-38-28(31)32/h2-17H,30H2,1H3,(H,33,34)(H4,31,32,38)(H2,36,37,40). The number of nitrogen functional groups attached to an aromatic ring is 1. The van der Waals surface area contributed by atoms with E-state index in [1.165, 1.54) is 6.34 Å². The number of fused-ring (bicyclic) bond motifs is 2. The van der Waals surface area contributed by atoms with E-state index in [9.17, 15) is 4.79 Å². The van der Waals surface area contributed by atoms with Crippen molar-refractivity contribution in [3.63, 3.8) is 0 Å². The fourth-order valence-corrected chi connectivity index (χ4v) is 4.28. The van der Waals surface area contributed by atoms with Crippen LogP contribution in [0.2, 0.25) is 0 Å². The molecule has 0 atom stereocenters. The molecular weight excluding hydrogens is 504 g/mol. The van der Waals surface area contributed by atoms with Gasteiger partial charge in [-0.25, -0.2) is 14.8 Å². The van der Waals surface area contributed by atoms with E-state index >= 15 is 0 Å². The predicted octanol–water partition coefficient (Wildman–Crippen LogP) is 4.44. The number of para-hydroxylation sites is 1. The summed E-state index contributed by atoms with van der Waals surface area (Å²) in [4.78, 5) is 21.7. The SMILES string of the molecule is Cn1c2ccccc2c(=Nc2ccc(NC(=O)Nc3ccc(N=CNNC(=N)N)cc3)cc2)c2ccc(N)cc21. The van der Waals surface area contributed by atoms with Crippen molar-refractivity contribution in [3.05, 3.63) is 96.4 Å². The van der Waals surface area contributed by atoms with E-state index in [2.05, 4.69) is 43.2 Å². The molecule has 11 heteroatoms. The number of aryl methyl sites for hydroxylation is 1. The van der Waals surface area contributed by atoms with Gasteiger partial charge in [0.25, 0.3) is 0 Å². The fourth-order valence-electron chi connectivity index (χ4n) is 4.28. The number of nitrogens with zero attached hydrogens (tertiary/aromatic N) is 3. The van der Waals surface area contributed by atoms with Crippen LogP contribution in [0.5, 0.6) is 0 Å². The first-order chi connectivity index (χ1) is 19.4. The first-order valence-electron chi connectivity index (χ1n) is 12.4. The Labute approximate surface area is 229 Å². The van der Waals surface area contributed by atoms with E-state index in [-0.39, 0.29) is 12.0 Å². The van der Waals surface area contributed by atoms with Crippen LogP contribution in [0.1, 0.15) is 0 Å². The normalized spacial score (nSPS) is 11.6. The molecule has 0 saturated heterocycles. The first-order valence-corrected chi connectivity index (χ1v) is 12.4. The minimum atomic E-state index is -0.376. The zero-order chi connectivity index (χ0) is 28.1. The van der Waals surface area contributed by atoms with Crippen LogP contribution >= 0.6 is 0 Å². The number of amides is 2. The van der Waals surface area contributed by atoms with Gasteiger partial charge in [-0.2, -0.15) is 0 Å². The summed E-state index contributed by atoms with van der Waals surface area (Å²) in [6, 6.07) is 27.9. The number of aliphatic imine (C=N–C) groups is 1. The minimum Gasteiger partial charge on any atom is -0.399 e. The molecule has 5 aromatic rings. The van der Waals surface area contributed by atoms with Crippen molar-refractivity contribution in [2.75, 3.05) is 16.4 Å². The number of anilines is 3. The maximum absolute atomic E-state index is 12.5. The van der Waals surface area contributed by atoms with Crippen molar-refractivity contribution in [2.45, 2.75) is 0 Å². The highest BCUT2D eigenvalue weighted by Crippen LogP contribution is 2.23. The Balaban J connectivity index is 1.31. The molecule has 1 heterocycles. The Morgan fingerprint density at radius 3 is 2.15 bits per heavy atom. The second-order valence-corrected chi connectivity index (χ2v) is 8.93. The lowest BCUT2D eigenvalue weighted by molar-refractivity contribution is 0.262. The van der Waals surface area contributed by atoms with Crippen LogP contribution in [0.4, 0.5) is 33.2 Å². The predicted molar refractivity (Wildman–Crippen MR) is 162 cm³/mol. The molecule has 0 saturated carbocycles. The quantitative estimate of drug-likeness (QED) is 0.0563. The number of hydrogen-bond acceptors (Lipinski definition) is 5. The van der Waals surface area contributed by atoms with E-state index in [1.807, 2.05) is 61.6 Å². The molecule has 0 unspecified atom stereocenters. The van der Waals surface area contributed by atoms with Gasteiger partial charge in [0.2, 0.25) is 5.96 Å². The average Bonchev–Trinajstić information content (AvgIpc) is 2.95. The topological polar surface area (TPSA) is 171 Å². The number of carbonyl (C=O) groups excluding carboxylic acids is 1. The monoisotopic (exact) mass is 532 g/mol. The fraction of sp³-hybridized carbons (Fsp3) is 0.0345. The average molecular weight is 533 g/mol. The molecule has 0 aliphatic rings. The van der Waals surface area contributed by atoms with Crippen molar-refractivity contribution in [1.29, 1.82) is 5.41 Å². The Kier molecular flexibility index (Phi) is 7.27. The molecule has 11 nitrogen and oxygen atoms in total. The molecule has 0 bridgehead atoms. The molecule has 0 aliphatic carbocycles. The number of guanidine groups is 1. The van der Waals surface area contributed by atoms with Crippen LogP contribution < -0.4 is 38.3 Å². The number of carbonyl (C=O) groups is 1. The third-order valence-electron chi connectivity index (χ3n) is 6.14. The van der Waals surface area contributed by atoms with Crippen LogP contribution in [-0.4, -0.2) is 22.9 Å². The highest BCUT2D eigenvalue weighted by atomic mass is 16.2. The summed E-state index contributed by atoms with van der Waals surface area (Å²) in [6.07, 6.45) is 1.37. The van der Waals surface area contributed by atoms with Gasteiger partial charge in [0.05, 0.1) is 27.8 Å². The molecule has 5 rings (SSSR count). The lowest BCUT2D eigenvalue weighted by Crippen LogP contribution is -2.40. The Morgan fingerprint density at radius 1 is 0.850 bits per heavy atom. The van der Waals surface area contributed by atoms with E-state index in [4.69, 9.17) is 21.9 Å². The highest BCUT2D eigenvalue weighted by Gasteiger charge is 2.08. The van der Waals surface area contributed by atoms with Gasteiger partial charge in [-0.15, -0.1) is 0 Å².